The van der Waals surface area contributed by atoms with Crippen LogP contribution in [0.3, 0.4) is 0 Å². The summed E-state index contributed by atoms with van der Waals surface area (Å²) in [6, 6.07) is 0. The predicted octanol–water partition coefficient (Wildman–Crippen LogP) is 0.181. The van der Waals surface area contributed by atoms with Crippen molar-refractivity contribution in [1.29, 1.82) is 0 Å². The van der Waals surface area contributed by atoms with Crippen molar-refractivity contribution in [3.63, 3.8) is 0 Å². The summed E-state index contributed by atoms with van der Waals surface area (Å²) in [7, 11) is 0. The molecule has 0 aliphatic carbocycles. The Morgan fingerprint density at radius 3 is 3.00 bits per heavy atom. The Kier molecular flexibility index (Phi) is 1.54. The number of nitrogen functional groups attached to an aromatic ring is 1. The molecule has 60 valence electrons. The lowest BCUT2D eigenvalue weighted by Crippen LogP contribution is -2.29. The van der Waals surface area contributed by atoms with Gasteiger partial charge in [-0.25, -0.2) is 0 Å². The first-order valence-electron chi connectivity index (χ1n) is 3.71. The molecule has 2 rings (SSSR count). The fraction of sp³-hybridized carbons (Fsp3) is 0.571. The molecular formula is C7H11N3O. The number of rotatable bonds is 2. The largest absolute Gasteiger partial charge is 0.396 e. The molecule has 1 aromatic heterocycles. The fourth-order valence-electron chi connectivity index (χ4n) is 1.18. The van der Waals surface area contributed by atoms with Crippen LogP contribution in [0.5, 0.6) is 0 Å². The van der Waals surface area contributed by atoms with E-state index in [1.165, 1.54) is 0 Å². The van der Waals surface area contributed by atoms with Gasteiger partial charge in [0, 0.05) is 5.92 Å². The van der Waals surface area contributed by atoms with Crippen molar-refractivity contribution in [2.24, 2.45) is 5.92 Å². The molecule has 1 aliphatic heterocycles. The second kappa shape index (κ2) is 2.54. The van der Waals surface area contributed by atoms with Crippen molar-refractivity contribution in [2.45, 2.75) is 6.42 Å². The Morgan fingerprint density at radius 1 is 1.73 bits per heavy atom. The standard InChI is InChI=1S/C7H11N3O/c8-6-2-9-10-7(6)1-5-3-11-4-5/h2,5H,1,3-4,8H2,(H,9,10). The number of nitrogens with one attached hydrogen (secondary N) is 1. The monoisotopic (exact) mass is 153 g/mol. The van der Waals surface area contributed by atoms with E-state index in [4.69, 9.17) is 10.5 Å². The van der Waals surface area contributed by atoms with E-state index in [2.05, 4.69) is 10.2 Å². The molecule has 1 fully saturated rings. The maximum Gasteiger partial charge on any atom is 0.0730 e. The number of hydrogen-bond acceptors (Lipinski definition) is 3. The lowest BCUT2D eigenvalue weighted by molar-refractivity contribution is -0.0315. The molecule has 0 aromatic carbocycles. The molecule has 0 amide bonds. The quantitative estimate of drug-likeness (QED) is 0.637. The van der Waals surface area contributed by atoms with Gasteiger partial charge >= 0.3 is 0 Å². The molecule has 0 spiro atoms. The highest BCUT2D eigenvalue weighted by molar-refractivity contribution is 5.40. The van der Waals surface area contributed by atoms with E-state index in [0.717, 1.165) is 31.0 Å². The number of nitrogens with zero attached hydrogens (tertiary/aromatic N) is 1. The lowest BCUT2D eigenvalue weighted by Gasteiger charge is -2.25. The van der Waals surface area contributed by atoms with Gasteiger partial charge < -0.3 is 10.5 Å². The predicted molar refractivity (Wildman–Crippen MR) is 41.0 cm³/mol. The molecule has 4 heteroatoms. The third-order valence-electron chi connectivity index (χ3n) is 1.95. The van der Waals surface area contributed by atoms with Gasteiger partial charge in [0.1, 0.15) is 0 Å². The zero-order valence-electron chi connectivity index (χ0n) is 6.21. The van der Waals surface area contributed by atoms with Crippen LogP contribution in [0.2, 0.25) is 0 Å². The first-order valence-corrected chi connectivity index (χ1v) is 3.71. The van der Waals surface area contributed by atoms with Gasteiger partial charge in [0.25, 0.3) is 0 Å². The van der Waals surface area contributed by atoms with E-state index in [1.807, 2.05) is 0 Å². The Hall–Kier alpha value is -1.03. The van der Waals surface area contributed by atoms with Crippen LogP contribution in [0.1, 0.15) is 5.69 Å². The zero-order chi connectivity index (χ0) is 7.68. The summed E-state index contributed by atoms with van der Waals surface area (Å²) in [6.07, 6.45) is 2.61. The first-order chi connectivity index (χ1) is 5.36. The molecule has 3 N–H and O–H groups in total. The summed E-state index contributed by atoms with van der Waals surface area (Å²) >= 11 is 0. The van der Waals surface area contributed by atoms with Crippen molar-refractivity contribution in [3.05, 3.63) is 11.9 Å². The minimum atomic E-state index is 0.637. The molecule has 0 bridgehead atoms. The summed E-state index contributed by atoms with van der Waals surface area (Å²) in [5.41, 5.74) is 7.43. The van der Waals surface area contributed by atoms with E-state index in [-0.39, 0.29) is 0 Å². The minimum absolute atomic E-state index is 0.637. The second-order valence-corrected chi connectivity index (χ2v) is 2.91. The third kappa shape index (κ3) is 1.21. The molecule has 1 saturated heterocycles. The van der Waals surface area contributed by atoms with Crippen LogP contribution in [-0.4, -0.2) is 23.4 Å². The average molecular weight is 153 g/mol. The van der Waals surface area contributed by atoms with Crippen molar-refractivity contribution in [1.82, 2.24) is 10.2 Å². The van der Waals surface area contributed by atoms with Gasteiger partial charge in [-0.05, 0) is 6.42 Å². The third-order valence-corrected chi connectivity index (χ3v) is 1.95. The van der Waals surface area contributed by atoms with E-state index in [0.29, 0.717) is 5.92 Å². The van der Waals surface area contributed by atoms with Crippen molar-refractivity contribution >= 4 is 5.69 Å². The van der Waals surface area contributed by atoms with Crippen LogP contribution in [0.4, 0.5) is 5.69 Å². The number of anilines is 1. The molecule has 4 nitrogen and oxygen atoms in total. The number of aromatic amines is 1. The maximum atomic E-state index is 5.63. The van der Waals surface area contributed by atoms with Gasteiger partial charge in [0.2, 0.25) is 0 Å². The number of ether oxygens (including phenoxy) is 1. The molecule has 0 unspecified atom stereocenters. The highest BCUT2D eigenvalue weighted by atomic mass is 16.5. The van der Waals surface area contributed by atoms with Crippen LogP contribution < -0.4 is 5.73 Å². The van der Waals surface area contributed by atoms with Gasteiger partial charge in [0.15, 0.2) is 0 Å². The SMILES string of the molecule is Nc1cn[nH]c1CC1COC1. The molecule has 1 aromatic rings. The van der Waals surface area contributed by atoms with Crippen LogP contribution in [0.15, 0.2) is 6.20 Å². The summed E-state index contributed by atoms with van der Waals surface area (Å²) < 4.78 is 5.05. The number of nitrogens with two attached hydrogens (primary N) is 1. The minimum Gasteiger partial charge on any atom is -0.396 e. The smallest absolute Gasteiger partial charge is 0.0730 e. The lowest BCUT2D eigenvalue weighted by atomic mass is 10.0. The highest BCUT2D eigenvalue weighted by Crippen LogP contribution is 2.18. The molecule has 0 radical (unpaired) electrons. The highest BCUT2D eigenvalue weighted by Gasteiger charge is 2.20. The number of hydrogen-bond donors (Lipinski definition) is 2. The van der Waals surface area contributed by atoms with Crippen molar-refractivity contribution < 1.29 is 4.74 Å². The van der Waals surface area contributed by atoms with Crippen LogP contribution in [-0.2, 0) is 11.2 Å². The Labute approximate surface area is 64.7 Å². The van der Waals surface area contributed by atoms with Crippen LogP contribution in [0, 0.1) is 5.92 Å². The Bertz CT molecular complexity index is 242. The molecule has 11 heavy (non-hydrogen) atoms. The second-order valence-electron chi connectivity index (χ2n) is 2.91. The Balaban J connectivity index is 1.99. The molecule has 0 saturated carbocycles. The van der Waals surface area contributed by atoms with E-state index < -0.39 is 0 Å². The van der Waals surface area contributed by atoms with Gasteiger partial charge in [-0.15, -0.1) is 0 Å². The van der Waals surface area contributed by atoms with E-state index >= 15 is 0 Å². The summed E-state index contributed by atoms with van der Waals surface area (Å²) in [5.74, 6) is 0.637. The summed E-state index contributed by atoms with van der Waals surface area (Å²) in [5, 5.41) is 6.72. The molecule has 2 heterocycles. The van der Waals surface area contributed by atoms with Crippen molar-refractivity contribution in [2.75, 3.05) is 18.9 Å². The van der Waals surface area contributed by atoms with Gasteiger partial charge in [-0.1, -0.05) is 0 Å². The summed E-state index contributed by atoms with van der Waals surface area (Å²) in [4.78, 5) is 0. The van der Waals surface area contributed by atoms with Crippen LogP contribution in [0.25, 0.3) is 0 Å². The van der Waals surface area contributed by atoms with Gasteiger partial charge in [0.05, 0.1) is 30.8 Å². The fourth-order valence-corrected chi connectivity index (χ4v) is 1.18. The normalized spacial score (nSPS) is 18.2. The maximum absolute atomic E-state index is 5.63. The van der Waals surface area contributed by atoms with Crippen molar-refractivity contribution in [3.8, 4) is 0 Å². The molecule has 1 aliphatic rings. The zero-order valence-corrected chi connectivity index (χ0v) is 6.21. The molecule has 0 atom stereocenters. The number of aromatic nitrogens is 2. The van der Waals surface area contributed by atoms with Gasteiger partial charge in [-0.3, -0.25) is 5.10 Å². The average Bonchev–Trinajstić information content (AvgIpc) is 2.27. The topological polar surface area (TPSA) is 63.9 Å². The number of H-pyrrole nitrogens is 1. The Morgan fingerprint density at radius 2 is 2.55 bits per heavy atom. The molecular weight excluding hydrogens is 142 g/mol. The first kappa shape index (κ1) is 6.67. The van der Waals surface area contributed by atoms with Gasteiger partial charge in [-0.2, -0.15) is 5.10 Å². The van der Waals surface area contributed by atoms with E-state index in [9.17, 15) is 0 Å². The van der Waals surface area contributed by atoms with E-state index in [1.54, 1.807) is 6.20 Å². The summed E-state index contributed by atoms with van der Waals surface area (Å²) in [6.45, 7) is 1.72. The van der Waals surface area contributed by atoms with Crippen LogP contribution >= 0.6 is 0 Å².